The van der Waals surface area contributed by atoms with Crippen molar-refractivity contribution in [2.24, 2.45) is 17.8 Å². The summed E-state index contributed by atoms with van der Waals surface area (Å²) in [4.78, 5) is 11.1. The predicted octanol–water partition coefficient (Wildman–Crippen LogP) is 2.40. The Kier molecular flexibility index (Phi) is 3.12. The minimum absolute atomic E-state index is 0.0752. The quantitative estimate of drug-likeness (QED) is 0.495. The summed E-state index contributed by atoms with van der Waals surface area (Å²) in [5.41, 5.74) is 1.26. The van der Waals surface area contributed by atoms with Crippen LogP contribution in [0.3, 0.4) is 0 Å². The number of rotatable bonds is 3. The molecular formula is C11H18O2. The Labute approximate surface area is 80.0 Å². The Bertz CT molecular complexity index is 228. The Morgan fingerprint density at radius 1 is 1.54 bits per heavy atom. The minimum Gasteiger partial charge on any atom is -0.469 e. The Morgan fingerprint density at radius 2 is 2.15 bits per heavy atom. The van der Waals surface area contributed by atoms with E-state index in [9.17, 15) is 4.79 Å². The molecule has 0 spiro atoms. The number of carbonyl (C=O) groups is 1. The molecule has 13 heavy (non-hydrogen) atoms. The topological polar surface area (TPSA) is 26.3 Å². The first-order chi connectivity index (χ1) is 6.06. The molecule has 1 rings (SSSR count). The lowest BCUT2D eigenvalue weighted by atomic mass is 9.97. The van der Waals surface area contributed by atoms with Crippen LogP contribution in [-0.4, -0.2) is 13.1 Å². The highest BCUT2D eigenvalue weighted by Gasteiger charge is 2.37. The van der Waals surface area contributed by atoms with Crippen molar-refractivity contribution in [2.75, 3.05) is 7.11 Å². The van der Waals surface area contributed by atoms with Crippen molar-refractivity contribution in [3.8, 4) is 0 Å². The molecule has 0 radical (unpaired) electrons. The fourth-order valence-electron chi connectivity index (χ4n) is 1.27. The molecule has 1 aliphatic rings. The summed E-state index contributed by atoms with van der Waals surface area (Å²) in [7, 11) is 1.45. The molecule has 0 heterocycles. The molecule has 2 atom stereocenters. The van der Waals surface area contributed by atoms with Crippen molar-refractivity contribution in [2.45, 2.75) is 27.2 Å². The van der Waals surface area contributed by atoms with E-state index in [1.54, 1.807) is 0 Å². The van der Waals surface area contributed by atoms with Crippen molar-refractivity contribution in [3.05, 3.63) is 11.6 Å². The highest BCUT2D eigenvalue weighted by atomic mass is 16.5. The molecule has 0 aromatic heterocycles. The minimum atomic E-state index is -0.0813. The molecule has 0 N–H and O–H groups in total. The van der Waals surface area contributed by atoms with Gasteiger partial charge in [0, 0.05) is 0 Å². The van der Waals surface area contributed by atoms with E-state index in [-0.39, 0.29) is 11.9 Å². The first-order valence-corrected chi connectivity index (χ1v) is 4.84. The van der Waals surface area contributed by atoms with Crippen LogP contribution < -0.4 is 0 Å². The third-order valence-electron chi connectivity index (χ3n) is 2.74. The molecule has 1 aliphatic carbocycles. The maximum absolute atomic E-state index is 11.1. The number of esters is 1. The first kappa shape index (κ1) is 10.3. The van der Waals surface area contributed by atoms with E-state index in [1.807, 2.05) is 0 Å². The molecule has 2 heteroatoms. The zero-order valence-electron chi connectivity index (χ0n) is 8.83. The van der Waals surface area contributed by atoms with Crippen LogP contribution in [0.1, 0.15) is 27.2 Å². The molecule has 2 nitrogen and oxygen atoms in total. The molecule has 0 aromatic carbocycles. The summed E-state index contributed by atoms with van der Waals surface area (Å²) in [6.45, 7) is 6.57. The number of hydrogen-bond donors (Lipinski definition) is 0. The van der Waals surface area contributed by atoms with Crippen molar-refractivity contribution in [1.29, 1.82) is 0 Å². The molecule has 0 aromatic rings. The normalized spacial score (nSPS) is 26.2. The molecule has 0 saturated heterocycles. The summed E-state index contributed by atoms with van der Waals surface area (Å²) in [6, 6.07) is 0. The highest BCUT2D eigenvalue weighted by Crippen LogP contribution is 2.40. The van der Waals surface area contributed by atoms with E-state index in [1.165, 1.54) is 12.7 Å². The summed E-state index contributed by atoms with van der Waals surface area (Å²) >= 11 is 0. The summed E-state index contributed by atoms with van der Waals surface area (Å²) in [6.07, 6.45) is 3.12. The summed E-state index contributed by atoms with van der Waals surface area (Å²) in [5.74, 6) is 1.20. The van der Waals surface area contributed by atoms with Gasteiger partial charge in [-0.1, -0.05) is 32.4 Å². The monoisotopic (exact) mass is 182 g/mol. The van der Waals surface area contributed by atoms with Gasteiger partial charge < -0.3 is 4.74 Å². The van der Waals surface area contributed by atoms with Gasteiger partial charge in [-0.25, -0.2) is 0 Å². The fraction of sp³-hybridized carbons (Fsp3) is 0.727. The number of allylic oxidation sites excluding steroid dienone is 1. The predicted molar refractivity (Wildman–Crippen MR) is 52.2 cm³/mol. The summed E-state index contributed by atoms with van der Waals surface area (Å²) in [5, 5.41) is 0. The van der Waals surface area contributed by atoms with Gasteiger partial charge in [-0.2, -0.15) is 0 Å². The van der Waals surface area contributed by atoms with Gasteiger partial charge in [0.1, 0.15) is 0 Å². The van der Waals surface area contributed by atoms with Crippen molar-refractivity contribution < 1.29 is 9.53 Å². The average molecular weight is 182 g/mol. The fourth-order valence-corrected chi connectivity index (χ4v) is 1.27. The molecule has 0 bridgehead atoms. The van der Waals surface area contributed by atoms with Crippen molar-refractivity contribution in [3.63, 3.8) is 0 Å². The van der Waals surface area contributed by atoms with Gasteiger partial charge in [-0.05, 0) is 18.3 Å². The van der Waals surface area contributed by atoms with E-state index < -0.39 is 0 Å². The van der Waals surface area contributed by atoms with Gasteiger partial charge >= 0.3 is 5.97 Å². The average Bonchev–Trinajstić information content (AvgIpc) is 2.82. The Hall–Kier alpha value is -0.790. The third kappa shape index (κ3) is 2.58. The summed E-state index contributed by atoms with van der Waals surface area (Å²) < 4.78 is 4.67. The van der Waals surface area contributed by atoms with E-state index in [0.717, 1.165) is 6.42 Å². The van der Waals surface area contributed by atoms with E-state index in [2.05, 4.69) is 31.6 Å². The third-order valence-corrected chi connectivity index (χ3v) is 2.74. The number of methoxy groups -OCH3 is 1. The molecule has 0 amide bonds. The molecule has 1 saturated carbocycles. The molecule has 74 valence electrons. The smallest absolute Gasteiger partial charge is 0.313 e. The van der Waals surface area contributed by atoms with Crippen LogP contribution in [0.2, 0.25) is 0 Å². The van der Waals surface area contributed by atoms with E-state index in [0.29, 0.717) is 11.8 Å². The number of carbonyl (C=O) groups excluding carboxylic acids is 1. The maximum Gasteiger partial charge on any atom is 0.313 e. The van der Waals surface area contributed by atoms with Gasteiger partial charge in [0.05, 0.1) is 13.0 Å². The van der Waals surface area contributed by atoms with Gasteiger partial charge in [0.15, 0.2) is 0 Å². The van der Waals surface area contributed by atoms with E-state index in [4.69, 9.17) is 0 Å². The van der Waals surface area contributed by atoms with Crippen LogP contribution in [0.15, 0.2) is 11.6 Å². The zero-order chi connectivity index (χ0) is 10.0. The van der Waals surface area contributed by atoms with Gasteiger partial charge in [-0.3, -0.25) is 4.79 Å². The Balaban J connectivity index is 2.45. The molecule has 1 fully saturated rings. The second-order valence-corrected chi connectivity index (χ2v) is 4.12. The lowest BCUT2D eigenvalue weighted by Gasteiger charge is -2.09. The zero-order valence-corrected chi connectivity index (χ0v) is 8.83. The molecule has 2 unspecified atom stereocenters. The van der Waals surface area contributed by atoms with Crippen LogP contribution in [0.25, 0.3) is 0 Å². The number of ether oxygens (including phenoxy) is 1. The Morgan fingerprint density at radius 3 is 2.62 bits per heavy atom. The van der Waals surface area contributed by atoms with Gasteiger partial charge in [0.2, 0.25) is 0 Å². The first-order valence-electron chi connectivity index (χ1n) is 4.84. The van der Waals surface area contributed by atoms with Crippen LogP contribution in [-0.2, 0) is 9.53 Å². The van der Waals surface area contributed by atoms with Gasteiger partial charge in [0.25, 0.3) is 0 Å². The van der Waals surface area contributed by atoms with E-state index >= 15 is 0 Å². The molecule has 0 aliphatic heterocycles. The largest absolute Gasteiger partial charge is 0.469 e. The molecular weight excluding hydrogens is 164 g/mol. The maximum atomic E-state index is 11.1. The van der Waals surface area contributed by atoms with Crippen molar-refractivity contribution in [1.82, 2.24) is 0 Å². The number of hydrogen-bond acceptors (Lipinski definition) is 2. The lowest BCUT2D eigenvalue weighted by Crippen LogP contribution is -2.03. The van der Waals surface area contributed by atoms with Crippen molar-refractivity contribution >= 4 is 5.97 Å². The van der Waals surface area contributed by atoms with Crippen LogP contribution >= 0.6 is 0 Å². The standard InChI is InChI=1S/C11H18O2/c1-7(2)8(3)5-9-6-10(9)11(12)13-4/h5,7-8,10H,6H2,1-4H3. The second kappa shape index (κ2) is 3.95. The van der Waals surface area contributed by atoms with Gasteiger partial charge in [-0.15, -0.1) is 0 Å². The SMILES string of the molecule is COC(=O)C1CC1=CC(C)C(C)C. The van der Waals surface area contributed by atoms with Crippen LogP contribution in [0.4, 0.5) is 0 Å². The lowest BCUT2D eigenvalue weighted by molar-refractivity contribution is -0.141. The second-order valence-electron chi connectivity index (χ2n) is 4.12. The van der Waals surface area contributed by atoms with Crippen LogP contribution in [0.5, 0.6) is 0 Å². The van der Waals surface area contributed by atoms with Crippen LogP contribution in [0, 0.1) is 17.8 Å². The highest BCUT2D eigenvalue weighted by molar-refractivity contribution is 5.80.